The van der Waals surface area contributed by atoms with Gasteiger partial charge in [0, 0.05) is 31.8 Å². The number of nitrogens with zero attached hydrogens (tertiary/aromatic N) is 4. The molecule has 2 aromatic rings. The first kappa shape index (κ1) is 14.5. The lowest BCUT2D eigenvalue weighted by molar-refractivity contribution is 0.181. The van der Waals surface area contributed by atoms with Crippen LogP contribution >= 0.6 is 0 Å². The highest BCUT2D eigenvalue weighted by atomic mass is 16.3. The van der Waals surface area contributed by atoms with Crippen molar-refractivity contribution in [1.82, 2.24) is 19.4 Å². The Hall–Kier alpha value is -1.46. The highest BCUT2D eigenvalue weighted by Gasteiger charge is 2.22. The second-order valence-corrected chi connectivity index (χ2v) is 5.94. The van der Waals surface area contributed by atoms with E-state index in [4.69, 9.17) is 10.1 Å². The molecule has 0 spiro atoms. The first-order valence-corrected chi connectivity index (χ1v) is 7.91. The summed E-state index contributed by atoms with van der Waals surface area (Å²) in [5.74, 6) is 1.11. The van der Waals surface area contributed by atoms with Gasteiger partial charge in [-0.25, -0.2) is 9.97 Å². The molecule has 3 rings (SSSR count). The van der Waals surface area contributed by atoms with Crippen LogP contribution in [0.4, 0.5) is 0 Å². The summed E-state index contributed by atoms with van der Waals surface area (Å²) in [6.45, 7) is 2.17. The van der Waals surface area contributed by atoms with Crippen molar-refractivity contribution in [2.24, 2.45) is 0 Å². The highest BCUT2D eigenvalue weighted by molar-refractivity contribution is 5.71. The number of piperidine rings is 1. The van der Waals surface area contributed by atoms with Crippen LogP contribution in [0.2, 0.25) is 0 Å². The van der Waals surface area contributed by atoms with Gasteiger partial charge in [0.25, 0.3) is 0 Å². The molecule has 114 valence electrons. The standard InChI is InChI=1S/C16H24N4O/c1-19-9-3-2-6-13(19)12-15-18-14-7-4-8-17-16(14)20(15)10-5-11-21/h4,7-8,13,21H,2-3,5-6,9-12H2,1H3. The van der Waals surface area contributed by atoms with Crippen LogP contribution in [-0.2, 0) is 13.0 Å². The molecule has 21 heavy (non-hydrogen) atoms. The Bertz CT molecular complexity index is 595. The van der Waals surface area contributed by atoms with Gasteiger partial charge in [-0.05, 0) is 45.0 Å². The van der Waals surface area contributed by atoms with Crippen molar-refractivity contribution in [3.63, 3.8) is 0 Å². The molecule has 0 saturated carbocycles. The van der Waals surface area contributed by atoms with Crippen LogP contribution < -0.4 is 0 Å². The molecule has 1 aliphatic heterocycles. The maximum absolute atomic E-state index is 9.13. The number of aliphatic hydroxyl groups is 1. The van der Waals surface area contributed by atoms with E-state index >= 15 is 0 Å². The molecule has 1 unspecified atom stereocenters. The number of imidazole rings is 1. The Balaban J connectivity index is 1.88. The zero-order valence-electron chi connectivity index (χ0n) is 12.7. The van der Waals surface area contributed by atoms with Gasteiger partial charge < -0.3 is 14.6 Å². The Morgan fingerprint density at radius 2 is 2.29 bits per heavy atom. The van der Waals surface area contributed by atoms with Gasteiger partial charge >= 0.3 is 0 Å². The molecule has 1 atom stereocenters. The largest absolute Gasteiger partial charge is 0.396 e. The summed E-state index contributed by atoms with van der Waals surface area (Å²) in [5.41, 5.74) is 1.91. The number of aryl methyl sites for hydroxylation is 1. The third-order valence-electron chi connectivity index (χ3n) is 4.46. The average molecular weight is 288 g/mol. The summed E-state index contributed by atoms with van der Waals surface area (Å²) in [6.07, 6.45) is 7.39. The number of rotatable bonds is 5. The second kappa shape index (κ2) is 6.54. The molecular formula is C16H24N4O. The molecule has 0 radical (unpaired) electrons. The number of likely N-dealkylation sites (N-methyl/N-ethyl adjacent to an activating group) is 1. The predicted octanol–water partition coefficient (Wildman–Crippen LogP) is 1.84. The van der Waals surface area contributed by atoms with E-state index in [0.717, 1.165) is 36.4 Å². The summed E-state index contributed by atoms with van der Waals surface area (Å²) >= 11 is 0. The van der Waals surface area contributed by atoms with Crippen LogP contribution in [0.15, 0.2) is 18.3 Å². The average Bonchev–Trinajstić information content (AvgIpc) is 2.85. The fourth-order valence-electron chi connectivity index (χ4n) is 3.24. The second-order valence-electron chi connectivity index (χ2n) is 5.94. The Labute approximate surface area is 125 Å². The third kappa shape index (κ3) is 3.09. The number of hydrogen-bond acceptors (Lipinski definition) is 4. The highest BCUT2D eigenvalue weighted by Crippen LogP contribution is 2.21. The molecule has 1 N–H and O–H groups in total. The smallest absolute Gasteiger partial charge is 0.159 e. The summed E-state index contributed by atoms with van der Waals surface area (Å²) in [7, 11) is 2.21. The molecule has 0 amide bonds. The lowest BCUT2D eigenvalue weighted by Gasteiger charge is -2.32. The van der Waals surface area contributed by atoms with E-state index in [-0.39, 0.29) is 6.61 Å². The van der Waals surface area contributed by atoms with Crippen LogP contribution in [0.25, 0.3) is 11.2 Å². The van der Waals surface area contributed by atoms with Gasteiger partial charge in [0.15, 0.2) is 5.65 Å². The van der Waals surface area contributed by atoms with Crippen molar-refractivity contribution in [3.8, 4) is 0 Å². The van der Waals surface area contributed by atoms with Crippen molar-refractivity contribution in [2.45, 2.75) is 44.7 Å². The SMILES string of the molecule is CN1CCCCC1Cc1nc2cccnc2n1CCCO. The molecule has 5 nitrogen and oxygen atoms in total. The van der Waals surface area contributed by atoms with E-state index < -0.39 is 0 Å². The number of hydrogen-bond donors (Lipinski definition) is 1. The van der Waals surface area contributed by atoms with Gasteiger partial charge in [-0.3, -0.25) is 0 Å². The van der Waals surface area contributed by atoms with Gasteiger partial charge in [-0.15, -0.1) is 0 Å². The van der Waals surface area contributed by atoms with E-state index in [0.29, 0.717) is 6.04 Å². The minimum Gasteiger partial charge on any atom is -0.396 e. The molecule has 3 heterocycles. The molecule has 0 aromatic carbocycles. The van der Waals surface area contributed by atoms with Crippen LogP contribution in [0, 0.1) is 0 Å². The van der Waals surface area contributed by atoms with Crippen LogP contribution in [0.1, 0.15) is 31.5 Å². The summed E-state index contributed by atoms with van der Waals surface area (Å²) in [4.78, 5) is 11.7. The minimum absolute atomic E-state index is 0.204. The Morgan fingerprint density at radius 1 is 1.38 bits per heavy atom. The molecule has 0 aliphatic carbocycles. The van der Waals surface area contributed by atoms with E-state index in [1.807, 2.05) is 18.3 Å². The van der Waals surface area contributed by atoms with Crippen molar-refractivity contribution < 1.29 is 5.11 Å². The molecule has 0 bridgehead atoms. The quantitative estimate of drug-likeness (QED) is 0.912. The third-order valence-corrected chi connectivity index (χ3v) is 4.46. The first-order chi connectivity index (χ1) is 10.3. The normalized spacial score (nSPS) is 20.2. The first-order valence-electron chi connectivity index (χ1n) is 7.91. The molecule has 1 aliphatic rings. The summed E-state index contributed by atoms with van der Waals surface area (Å²) in [6, 6.07) is 4.53. The Morgan fingerprint density at radius 3 is 3.10 bits per heavy atom. The van der Waals surface area contributed by atoms with Gasteiger partial charge in [0.1, 0.15) is 11.3 Å². The van der Waals surface area contributed by atoms with E-state index in [1.165, 1.54) is 25.8 Å². The van der Waals surface area contributed by atoms with Crippen molar-refractivity contribution in [2.75, 3.05) is 20.2 Å². The number of aliphatic hydroxyl groups excluding tert-OH is 1. The van der Waals surface area contributed by atoms with Crippen molar-refractivity contribution in [1.29, 1.82) is 0 Å². The monoisotopic (exact) mass is 288 g/mol. The maximum atomic E-state index is 9.13. The number of fused-ring (bicyclic) bond motifs is 1. The predicted molar refractivity (Wildman–Crippen MR) is 83.2 cm³/mol. The molecular weight excluding hydrogens is 264 g/mol. The van der Waals surface area contributed by atoms with Gasteiger partial charge in [0.05, 0.1) is 0 Å². The topological polar surface area (TPSA) is 54.2 Å². The molecule has 1 saturated heterocycles. The van der Waals surface area contributed by atoms with Crippen molar-refractivity contribution >= 4 is 11.2 Å². The lowest BCUT2D eigenvalue weighted by Crippen LogP contribution is -2.38. The summed E-state index contributed by atoms with van der Waals surface area (Å²) < 4.78 is 2.19. The molecule has 2 aromatic heterocycles. The summed E-state index contributed by atoms with van der Waals surface area (Å²) in [5, 5.41) is 9.13. The fraction of sp³-hybridized carbons (Fsp3) is 0.625. The number of pyridine rings is 1. The van der Waals surface area contributed by atoms with E-state index in [1.54, 1.807) is 0 Å². The molecule has 5 heteroatoms. The fourth-order valence-corrected chi connectivity index (χ4v) is 3.24. The van der Waals surface area contributed by atoms with Gasteiger partial charge in [-0.2, -0.15) is 0 Å². The molecule has 1 fully saturated rings. The zero-order chi connectivity index (χ0) is 14.7. The van der Waals surface area contributed by atoms with E-state index in [2.05, 4.69) is 21.5 Å². The maximum Gasteiger partial charge on any atom is 0.159 e. The van der Waals surface area contributed by atoms with Gasteiger partial charge in [-0.1, -0.05) is 6.42 Å². The Kier molecular flexibility index (Phi) is 4.51. The van der Waals surface area contributed by atoms with E-state index in [9.17, 15) is 0 Å². The van der Waals surface area contributed by atoms with Crippen LogP contribution in [-0.4, -0.2) is 50.8 Å². The number of likely N-dealkylation sites (tertiary alicyclic amines) is 1. The zero-order valence-corrected chi connectivity index (χ0v) is 12.7. The van der Waals surface area contributed by atoms with Gasteiger partial charge in [0.2, 0.25) is 0 Å². The minimum atomic E-state index is 0.204. The van der Waals surface area contributed by atoms with Crippen molar-refractivity contribution in [3.05, 3.63) is 24.2 Å². The number of aromatic nitrogens is 3. The lowest BCUT2D eigenvalue weighted by atomic mass is 10.00. The van der Waals surface area contributed by atoms with Crippen LogP contribution in [0.5, 0.6) is 0 Å². The van der Waals surface area contributed by atoms with Crippen LogP contribution in [0.3, 0.4) is 0 Å².